The Balaban J connectivity index is 1.34. The first kappa shape index (κ1) is 25.6. The van der Waals surface area contributed by atoms with Crippen molar-refractivity contribution < 1.29 is 23.8 Å². The number of thioether (sulfide) groups is 1. The predicted octanol–water partition coefficient (Wildman–Crippen LogP) is 3.39. The molecule has 0 spiro atoms. The number of carbonyl (C=O) groups excluding carboxylic acids is 2. The number of hydrogen-bond acceptors (Lipinski definition) is 7. The van der Waals surface area contributed by atoms with Crippen molar-refractivity contribution in [1.29, 1.82) is 0 Å². The largest absolute Gasteiger partial charge is 0.438 e. The normalized spacial score (nSPS) is 17.4. The van der Waals surface area contributed by atoms with Crippen LogP contribution in [0.25, 0.3) is 0 Å². The number of pyridine rings is 1. The van der Waals surface area contributed by atoms with Gasteiger partial charge in [0, 0.05) is 23.2 Å². The number of hydrogen-bond donors (Lipinski definition) is 3. The zero-order valence-electron chi connectivity index (χ0n) is 19.8. The van der Waals surface area contributed by atoms with Crippen molar-refractivity contribution in [3.05, 3.63) is 65.9 Å². The molecular weight excluding hydrogens is 485 g/mol. The van der Waals surface area contributed by atoms with Crippen LogP contribution in [0.2, 0.25) is 0 Å². The first-order valence-corrected chi connectivity index (χ1v) is 12.9. The second kappa shape index (κ2) is 12.0. The molecule has 3 aromatic rings. The number of aliphatic hydroxyl groups excluding tert-OH is 1. The Hall–Kier alpha value is -3.44. The predicted molar refractivity (Wildman–Crippen MR) is 133 cm³/mol. The highest BCUT2D eigenvalue weighted by Crippen LogP contribution is 2.28. The Kier molecular flexibility index (Phi) is 8.55. The maximum atomic E-state index is 13.9. The van der Waals surface area contributed by atoms with E-state index < -0.39 is 11.7 Å². The van der Waals surface area contributed by atoms with E-state index >= 15 is 0 Å². The van der Waals surface area contributed by atoms with E-state index in [0.717, 1.165) is 17.2 Å². The monoisotopic (exact) mass is 513 g/mol. The standard InChI is InChI=1S/C25H28FN5O4S/c1-36-20-4-2-3-19(14-20)35-25-21(13-16(26)15-27-25)23(33)29-17-5-7-18(8-6-17)30-24(34)22-9-10-28-31(22)11-12-32/h2-4,9-10,13-15,17-18,32H,5-8,11-12H2,1H3,(H,29,33)(H,30,34). The zero-order chi connectivity index (χ0) is 25.5. The van der Waals surface area contributed by atoms with E-state index in [2.05, 4.69) is 20.7 Å². The van der Waals surface area contributed by atoms with E-state index in [0.29, 0.717) is 37.1 Å². The fourth-order valence-corrected chi connectivity index (χ4v) is 4.60. The van der Waals surface area contributed by atoms with Crippen LogP contribution in [0.5, 0.6) is 11.6 Å². The fraction of sp³-hybridized carbons (Fsp3) is 0.360. The molecule has 1 aromatic carbocycles. The van der Waals surface area contributed by atoms with E-state index in [1.807, 2.05) is 24.5 Å². The van der Waals surface area contributed by atoms with Gasteiger partial charge in [-0.25, -0.2) is 9.37 Å². The van der Waals surface area contributed by atoms with Crippen molar-refractivity contribution in [1.82, 2.24) is 25.4 Å². The molecular formula is C25H28FN5O4S. The lowest BCUT2D eigenvalue weighted by Gasteiger charge is -2.29. The van der Waals surface area contributed by atoms with Crippen molar-refractivity contribution in [2.45, 2.75) is 49.2 Å². The van der Waals surface area contributed by atoms with Crippen LogP contribution in [-0.2, 0) is 6.54 Å². The van der Waals surface area contributed by atoms with Crippen molar-refractivity contribution in [2.75, 3.05) is 12.9 Å². The molecule has 1 aliphatic carbocycles. The number of rotatable bonds is 9. The maximum Gasteiger partial charge on any atom is 0.269 e. The average Bonchev–Trinajstić information content (AvgIpc) is 3.35. The Bertz CT molecular complexity index is 1210. The smallest absolute Gasteiger partial charge is 0.269 e. The Morgan fingerprint density at radius 2 is 1.86 bits per heavy atom. The first-order chi connectivity index (χ1) is 17.5. The van der Waals surface area contributed by atoms with Gasteiger partial charge in [-0.1, -0.05) is 6.07 Å². The molecule has 0 aliphatic heterocycles. The minimum absolute atomic E-state index is 0.0251. The summed E-state index contributed by atoms with van der Waals surface area (Å²) in [6.07, 6.45) is 7.15. The molecule has 190 valence electrons. The summed E-state index contributed by atoms with van der Waals surface area (Å²) in [5.74, 6) is -0.790. The molecule has 2 amide bonds. The topological polar surface area (TPSA) is 118 Å². The second-order valence-corrected chi connectivity index (χ2v) is 9.33. The molecule has 0 atom stereocenters. The summed E-state index contributed by atoms with van der Waals surface area (Å²) in [5.41, 5.74) is 0.422. The van der Waals surface area contributed by atoms with Crippen molar-refractivity contribution in [3.63, 3.8) is 0 Å². The number of benzene rings is 1. The highest BCUT2D eigenvalue weighted by molar-refractivity contribution is 7.98. The maximum absolute atomic E-state index is 13.9. The highest BCUT2D eigenvalue weighted by atomic mass is 32.2. The van der Waals surface area contributed by atoms with Crippen LogP contribution in [0.4, 0.5) is 4.39 Å². The highest BCUT2D eigenvalue weighted by Gasteiger charge is 2.26. The summed E-state index contributed by atoms with van der Waals surface area (Å²) < 4.78 is 21.2. The minimum Gasteiger partial charge on any atom is -0.438 e. The summed E-state index contributed by atoms with van der Waals surface area (Å²) in [5, 5.41) is 19.1. The van der Waals surface area contributed by atoms with Gasteiger partial charge in [-0.05, 0) is 62.3 Å². The van der Waals surface area contributed by atoms with Crippen molar-refractivity contribution in [3.8, 4) is 11.6 Å². The first-order valence-electron chi connectivity index (χ1n) is 11.7. The zero-order valence-corrected chi connectivity index (χ0v) is 20.6. The number of aliphatic hydroxyl groups is 1. The molecule has 0 saturated heterocycles. The lowest BCUT2D eigenvalue weighted by molar-refractivity contribution is 0.0883. The summed E-state index contributed by atoms with van der Waals surface area (Å²) >= 11 is 1.56. The summed E-state index contributed by atoms with van der Waals surface area (Å²) in [6.45, 7) is 0.142. The molecule has 1 fully saturated rings. The third-order valence-corrected chi connectivity index (χ3v) is 6.70. The summed E-state index contributed by atoms with van der Waals surface area (Å²) in [7, 11) is 0. The number of carbonyl (C=O) groups is 2. The molecule has 11 heteroatoms. The van der Waals surface area contributed by atoms with Gasteiger partial charge in [-0.2, -0.15) is 5.10 Å². The van der Waals surface area contributed by atoms with Gasteiger partial charge in [0.05, 0.1) is 19.3 Å². The van der Waals surface area contributed by atoms with Crippen molar-refractivity contribution in [2.24, 2.45) is 0 Å². The minimum atomic E-state index is -0.628. The van der Waals surface area contributed by atoms with E-state index in [1.165, 1.54) is 10.9 Å². The Morgan fingerprint density at radius 3 is 2.56 bits per heavy atom. The molecule has 1 aliphatic rings. The van der Waals surface area contributed by atoms with E-state index in [4.69, 9.17) is 9.84 Å². The van der Waals surface area contributed by atoms with Crippen LogP contribution in [-0.4, -0.2) is 56.6 Å². The number of amides is 2. The third kappa shape index (κ3) is 6.41. The van der Waals surface area contributed by atoms with Gasteiger partial charge in [0.25, 0.3) is 11.8 Å². The molecule has 0 bridgehead atoms. The van der Waals surface area contributed by atoms with Crippen LogP contribution in [0.15, 0.2) is 53.7 Å². The number of aromatic nitrogens is 3. The van der Waals surface area contributed by atoms with Gasteiger partial charge in [0.2, 0.25) is 5.88 Å². The van der Waals surface area contributed by atoms with Gasteiger partial charge < -0.3 is 20.5 Å². The van der Waals surface area contributed by atoms with E-state index in [1.54, 1.807) is 23.9 Å². The van der Waals surface area contributed by atoms with Gasteiger partial charge in [-0.3, -0.25) is 14.3 Å². The van der Waals surface area contributed by atoms with E-state index in [9.17, 15) is 14.0 Å². The number of nitrogens with zero attached hydrogens (tertiary/aromatic N) is 3. The lowest BCUT2D eigenvalue weighted by atomic mass is 9.91. The molecule has 3 N–H and O–H groups in total. The molecule has 9 nitrogen and oxygen atoms in total. The van der Waals surface area contributed by atoms with Gasteiger partial charge in [0.15, 0.2) is 0 Å². The molecule has 0 radical (unpaired) electrons. The van der Waals surface area contributed by atoms with Gasteiger partial charge in [-0.15, -0.1) is 11.8 Å². The van der Waals surface area contributed by atoms with Crippen LogP contribution < -0.4 is 15.4 Å². The van der Waals surface area contributed by atoms with Gasteiger partial charge in [0.1, 0.15) is 22.8 Å². The Morgan fingerprint density at radius 1 is 1.14 bits per heavy atom. The van der Waals surface area contributed by atoms with Crippen LogP contribution in [0, 0.1) is 5.82 Å². The molecule has 2 heterocycles. The summed E-state index contributed by atoms with van der Waals surface area (Å²) in [6, 6.07) is 9.91. The number of ether oxygens (including phenoxy) is 1. The number of nitrogens with one attached hydrogen (secondary N) is 2. The van der Waals surface area contributed by atoms with Crippen LogP contribution >= 0.6 is 11.8 Å². The quantitative estimate of drug-likeness (QED) is 0.375. The van der Waals surface area contributed by atoms with Crippen LogP contribution in [0.3, 0.4) is 0 Å². The molecule has 36 heavy (non-hydrogen) atoms. The third-order valence-electron chi connectivity index (χ3n) is 5.98. The van der Waals surface area contributed by atoms with Gasteiger partial charge >= 0.3 is 0 Å². The molecule has 4 rings (SSSR count). The molecule has 2 aromatic heterocycles. The van der Waals surface area contributed by atoms with Crippen molar-refractivity contribution >= 4 is 23.6 Å². The average molecular weight is 514 g/mol. The summed E-state index contributed by atoms with van der Waals surface area (Å²) in [4.78, 5) is 30.6. The number of halogens is 1. The van der Waals surface area contributed by atoms with E-state index in [-0.39, 0.29) is 42.6 Å². The molecule has 0 unspecified atom stereocenters. The SMILES string of the molecule is CSc1cccc(Oc2ncc(F)cc2C(=O)NC2CCC(NC(=O)c3ccnn3CCO)CC2)c1. The lowest BCUT2D eigenvalue weighted by Crippen LogP contribution is -2.44. The molecule has 1 saturated carbocycles. The fourth-order valence-electron chi connectivity index (χ4n) is 4.15. The van der Waals surface area contributed by atoms with Crippen LogP contribution in [0.1, 0.15) is 46.5 Å². The Labute approximate surface area is 212 Å². The second-order valence-electron chi connectivity index (χ2n) is 8.45.